The van der Waals surface area contributed by atoms with E-state index in [-0.39, 0.29) is 0 Å². The van der Waals surface area contributed by atoms with Gasteiger partial charge in [-0.25, -0.2) is 0 Å². The number of fused-ring (bicyclic) bond motifs is 1. The zero-order valence-corrected chi connectivity index (χ0v) is 20.9. The van der Waals surface area contributed by atoms with E-state index in [4.69, 9.17) is 21.3 Å². The Morgan fingerprint density at radius 1 is 1.00 bits per heavy atom. The molecule has 1 aliphatic rings. The normalized spacial score (nSPS) is 13.4. The van der Waals surface area contributed by atoms with Crippen LogP contribution in [0.2, 0.25) is 5.02 Å². The zero-order valence-electron chi connectivity index (χ0n) is 20.2. The summed E-state index contributed by atoms with van der Waals surface area (Å²) in [5, 5.41) is 0.728. The van der Waals surface area contributed by atoms with Crippen LogP contribution < -0.4 is 14.5 Å². The van der Waals surface area contributed by atoms with Gasteiger partial charge in [-0.1, -0.05) is 41.9 Å². The molecule has 0 aliphatic carbocycles. The Labute approximate surface area is 208 Å². The van der Waals surface area contributed by atoms with E-state index < -0.39 is 0 Å². The van der Waals surface area contributed by atoms with Crippen LogP contribution in [0.1, 0.15) is 30.5 Å². The van der Waals surface area contributed by atoms with E-state index in [1.807, 2.05) is 24.3 Å². The molecule has 4 rings (SSSR count). The molecule has 0 spiro atoms. The van der Waals surface area contributed by atoms with Gasteiger partial charge in [-0.2, -0.15) is 0 Å². The van der Waals surface area contributed by atoms with Crippen LogP contribution in [0, 0.1) is 0 Å². The van der Waals surface area contributed by atoms with Crippen molar-refractivity contribution >= 4 is 34.8 Å². The molecule has 0 saturated heterocycles. The quantitative estimate of drug-likeness (QED) is 0.363. The molecule has 0 unspecified atom stereocenters. The lowest BCUT2D eigenvalue weighted by Crippen LogP contribution is -2.21. The minimum absolute atomic E-state index is 0.483. The summed E-state index contributed by atoms with van der Waals surface area (Å²) in [5.41, 5.74) is 6.67. The fourth-order valence-corrected chi connectivity index (χ4v) is 4.31. The van der Waals surface area contributed by atoms with Crippen LogP contribution in [0.4, 0.5) is 11.4 Å². The Kier molecular flexibility index (Phi) is 7.91. The Balaban J connectivity index is 1.66. The van der Waals surface area contributed by atoms with Gasteiger partial charge in [0.15, 0.2) is 0 Å². The molecule has 4 nitrogen and oxygen atoms in total. The summed E-state index contributed by atoms with van der Waals surface area (Å²) in [6, 6.07) is 22.6. The van der Waals surface area contributed by atoms with E-state index in [1.165, 1.54) is 11.4 Å². The van der Waals surface area contributed by atoms with E-state index in [0.717, 1.165) is 59.4 Å². The van der Waals surface area contributed by atoms with Crippen LogP contribution >= 0.6 is 11.6 Å². The summed E-state index contributed by atoms with van der Waals surface area (Å²) in [4.78, 5) is 9.48. The third kappa shape index (κ3) is 5.63. The van der Waals surface area contributed by atoms with E-state index in [2.05, 4.69) is 85.3 Å². The minimum Gasteiger partial charge on any atom is -0.488 e. The second-order valence-electron chi connectivity index (χ2n) is 8.35. The molecule has 5 heteroatoms. The topological polar surface area (TPSA) is 28.1 Å². The second kappa shape index (κ2) is 11.3. The molecule has 0 atom stereocenters. The van der Waals surface area contributed by atoms with Gasteiger partial charge in [0.05, 0.1) is 12.3 Å². The molecule has 0 aromatic heterocycles. The van der Waals surface area contributed by atoms with Crippen molar-refractivity contribution in [2.75, 3.05) is 43.0 Å². The number of anilines is 2. The predicted octanol–water partition coefficient (Wildman–Crippen LogP) is 6.72. The average molecular weight is 474 g/mol. The summed E-state index contributed by atoms with van der Waals surface area (Å²) in [5.74, 6) is 0.849. The third-order valence-electron chi connectivity index (χ3n) is 6.16. The van der Waals surface area contributed by atoms with Crippen molar-refractivity contribution < 1.29 is 4.74 Å². The molecule has 3 aromatic rings. The van der Waals surface area contributed by atoms with E-state index >= 15 is 0 Å². The molecule has 0 radical (unpaired) electrons. The van der Waals surface area contributed by atoms with Crippen LogP contribution in [-0.4, -0.2) is 38.9 Å². The van der Waals surface area contributed by atoms with E-state index in [9.17, 15) is 0 Å². The van der Waals surface area contributed by atoms with Gasteiger partial charge in [-0.15, -0.1) is 0 Å². The first kappa shape index (κ1) is 23.9. The Morgan fingerprint density at radius 3 is 2.53 bits per heavy atom. The first-order valence-electron chi connectivity index (χ1n) is 11.9. The van der Waals surface area contributed by atoms with Crippen molar-refractivity contribution in [2.45, 2.75) is 20.5 Å². The highest BCUT2D eigenvalue weighted by Gasteiger charge is 2.14. The number of hydrogen-bond donors (Lipinski definition) is 0. The first-order valence-corrected chi connectivity index (χ1v) is 12.3. The molecule has 0 bridgehead atoms. The number of rotatable bonds is 8. The number of likely N-dealkylation sites (N-methyl/N-ethyl adjacent to an activating group) is 1. The van der Waals surface area contributed by atoms with Crippen molar-refractivity contribution in [3.63, 3.8) is 0 Å². The van der Waals surface area contributed by atoms with Crippen molar-refractivity contribution in [1.82, 2.24) is 0 Å². The molecule has 0 saturated carbocycles. The minimum atomic E-state index is 0.483. The van der Waals surface area contributed by atoms with Crippen LogP contribution in [0.25, 0.3) is 6.08 Å². The number of benzodiazepines with no additional fused rings is 1. The summed E-state index contributed by atoms with van der Waals surface area (Å²) in [6.45, 7) is 8.42. The summed E-state index contributed by atoms with van der Waals surface area (Å²) < 4.78 is 6.26. The van der Waals surface area contributed by atoms with Gasteiger partial charge in [0.25, 0.3) is 0 Å². The largest absolute Gasteiger partial charge is 0.488 e. The smallest absolute Gasteiger partial charge is 0.127 e. The van der Waals surface area contributed by atoms with Crippen molar-refractivity contribution in [3.8, 4) is 5.75 Å². The Bertz CT molecular complexity index is 1170. The van der Waals surface area contributed by atoms with Crippen LogP contribution in [0.15, 0.2) is 77.8 Å². The summed E-state index contributed by atoms with van der Waals surface area (Å²) in [6.07, 6.45) is 4.25. The van der Waals surface area contributed by atoms with Crippen LogP contribution in [-0.2, 0) is 6.61 Å². The number of aliphatic imine (C=N–C) groups is 1. The first-order chi connectivity index (χ1) is 16.6. The fourth-order valence-electron chi connectivity index (χ4n) is 4.19. The third-order valence-corrected chi connectivity index (χ3v) is 6.41. The number of benzene rings is 3. The molecule has 1 heterocycles. The SMILES string of the molecule is CCN(CC)c1ccc(OCc2ccc(Cl)cc2)c(/C=C/C2=NCCN(C)c3ccccc32)c1. The molecule has 1 aliphatic heterocycles. The molecule has 0 amide bonds. The monoisotopic (exact) mass is 473 g/mol. The van der Waals surface area contributed by atoms with Crippen LogP contribution in [0.3, 0.4) is 0 Å². The van der Waals surface area contributed by atoms with E-state index in [1.54, 1.807) is 0 Å². The van der Waals surface area contributed by atoms with Gasteiger partial charge in [-0.3, -0.25) is 4.99 Å². The lowest BCUT2D eigenvalue weighted by Gasteiger charge is -2.22. The van der Waals surface area contributed by atoms with Crippen molar-refractivity contribution in [2.24, 2.45) is 4.99 Å². The predicted molar refractivity (Wildman–Crippen MR) is 146 cm³/mol. The number of ether oxygens (including phenoxy) is 1. The van der Waals surface area contributed by atoms with Gasteiger partial charge >= 0.3 is 0 Å². The Morgan fingerprint density at radius 2 is 1.76 bits per heavy atom. The maximum Gasteiger partial charge on any atom is 0.127 e. The standard InChI is InChI=1S/C29H32ClN3O/c1-4-33(5-2)25-15-17-29(34-21-22-10-13-24(30)14-11-22)23(20-25)12-16-27-26-8-6-7-9-28(26)32(3)19-18-31-27/h6-17,20H,4-5,18-19,21H2,1-3H3/b16-12+. The molecular formula is C29H32ClN3O. The number of nitrogens with zero attached hydrogens (tertiary/aromatic N) is 3. The maximum absolute atomic E-state index is 6.26. The van der Waals surface area contributed by atoms with Gasteiger partial charge in [-0.05, 0) is 68.0 Å². The van der Waals surface area contributed by atoms with Gasteiger partial charge in [0.2, 0.25) is 0 Å². The number of allylic oxidation sites excluding steroid dienone is 1. The van der Waals surface area contributed by atoms with Crippen molar-refractivity contribution in [3.05, 3.63) is 94.5 Å². The highest BCUT2D eigenvalue weighted by atomic mass is 35.5. The second-order valence-corrected chi connectivity index (χ2v) is 8.78. The van der Waals surface area contributed by atoms with Gasteiger partial charge in [0.1, 0.15) is 12.4 Å². The molecule has 0 fully saturated rings. The molecule has 0 N–H and O–H groups in total. The average Bonchev–Trinajstić information content (AvgIpc) is 3.02. The number of hydrogen-bond acceptors (Lipinski definition) is 4. The van der Waals surface area contributed by atoms with Gasteiger partial charge < -0.3 is 14.5 Å². The summed E-state index contributed by atoms with van der Waals surface area (Å²) in [7, 11) is 2.12. The maximum atomic E-state index is 6.26. The van der Waals surface area contributed by atoms with Crippen LogP contribution in [0.5, 0.6) is 5.75 Å². The van der Waals surface area contributed by atoms with Gasteiger partial charge in [0, 0.05) is 54.2 Å². The number of para-hydroxylation sites is 1. The van der Waals surface area contributed by atoms with Crippen molar-refractivity contribution in [1.29, 1.82) is 0 Å². The molecule has 34 heavy (non-hydrogen) atoms. The lowest BCUT2D eigenvalue weighted by molar-refractivity contribution is 0.305. The molecule has 176 valence electrons. The summed E-state index contributed by atoms with van der Waals surface area (Å²) >= 11 is 6.03. The Hall–Kier alpha value is -3.24. The zero-order chi connectivity index (χ0) is 23.9. The lowest BCUT2D eigenvalue weighted by atomic mass is 10.0. The number of halogens is 1. The highest BCUT2D eigenvalue weighted by Crippen LogP contribution is 2.29. The molecule has 3 aromatic carbocycles. The van der Waals surface area contributed by atoms with E-state index in [0.29, 0.717) is 6.61 Å². The highest BCUT2D eigenvalue weighted by molar-refractivity contribution is 6.30. The molecular weight excluding hydrogens is 442 g/mol. The fraction of sp³-hybridized carbons (Fsp3) is 0.276.